The van der Waals surface area contributed by atoms with E-state index in [4.69, 9.17) is 21.1 Å². The van der Waals surface area contributed by atoms with E-state index < -0.39 is 0 Å². The number of ketones is 1. The molecule has 5 nitrogen and oxygen atoms in total. The molecule has 0 aliphatic heterocycles. The summed E-state index contributed by atoms with van der Waals surface area (Å²) in [6.45, 7) is 1.31. The summed E-state index contributed by atoms with van der Waals surface area (Å²) in [5.41, 5.74) is 1.09. The van der Waals surface area contributed by atoms with Gasteiger partial charge in [-0.25, -0.2) is 0 Å². The van der Waals surface area contributed by atoms with Crippen LogP contribution in [0.3, 0.4) is 0 Å². The molecule has 3 rings (SSSR count). The van der Waals surface area contributed by atoms with Gasteiger partial charge in [-0.1, -0.05) is 35.9 Å². The average Bonchev–Trinajstić information content (AvgIpc) is 2.70. The molecular weight excluding hydrogens is 378 g/mol. The number of anilines is 1. The molecule has 0 aliphatic rings. The zero-order valence-electron chi connectivity index (χ0n) is 15.1. The van der Waals surface area contributed by atoms with E-state index in [9.17, 15) is 9.59 Å². The van der Waals surface area contributed by atoms with Crippen LogP contribution >= 0.6 is 11.6 Å². The molecule has 0 aliphatic carbocycles. The van der Waals surface area contributed by atoms with Gasteiger partial charge in [-0.15, -0.1) is 0 Å². The molecule has 6 heteroatoms. The first-order chi connectivity index (χ1) is 13.5. The summed E-state index contributed by atoms with van der Waals surface area (Å²) in [4.78, 5) is 23.5. The van der Waals surface area contributed by atoms with Crippen LogP contribution in [0.1, 0.15) is 17.3 Å². The minimum Gasteiger partial charge on any atom is -0.484 e. The summed E-state index contributed by atoms with van der Waals surface area (Å²) in [7, 11) is 0. The first-order valence-corrected chi connectivity index (χ1v) is 8.96. The summed E-state index contributed by atoms with van der Waals surface area (Å²) in [5.74, 6) is 1.09. The second-order valence-electron chi connectivity index (χ2n) is 5.95. The fourth-order valence-electron chi connectivity index (χ4n) is 2.43. The zero-order chi connectivity index (χ0) is 19.9. The second kappa shape index (κ2) is 9.06. The van der Waals surface area contributed by atoms with Crippen LogP contribution in [0, 0.1) is 0 Å². The Balaban J connectivity index is 1.62. The molecule has 0 unspecified atom stereocenters. The summed E-state index contributed by atoms with van der Waals surface area (Å²) < 4.78 is 11.3. The number of carbonyl (C=O) groups is 2. The van der Waals surface area contributed by atoms with Crippen LogP contribution in [0.5, 0.6) is 17.2 Å². The smallest absolute Gasteiger partial charge is 0.262 e. The standard InChI is InChI=1S/C22H18ClNO4/c1-15(25)16-10-12-17(13-11-16)27-14-22(26)24-19-7-3-5-9-21(19)28-20-8-4-2-6-18(20)23/h2-13H,14H2,1H3,(H,24,26). The zero-order valence-corrected chi connectivity index (χ0v) is 15.9. The number of nitrogens with one attached hydrogen (secondary N) is 1. The number of ether oxygens (including phenoxy) is 2. The number of benzene rings is 3. The van der Waals surface area contributed by atoms with Crippen molar-refractivity contribution in [2.75, 3.05) is 11.9 Å². The third-order valence-electron chi connectivity index (χ3n) is 3.85. The SMILES string of the molecule is CC(=O)c1ccc(OCC(=O)Nc2ccccc2Oc2ccccc2Cl)cc1. The number of rotatable bonds is 7. The van der Waals surface area contributed by atoms with Gasteiger partial charge in [-0.3, -0.25) is 9.59 Å². The Bertz CT molecular complexity index is 986. The maximum absolute atomic E-state index is 12.3. The van der Waals surface area contributed by atoms with Crippen LogP contribution < -0.4 is 14.8 Å². The summed E-state index contributed by atoms with van der Waals surface area (Å²) >= 11 is 6.13. The molecule has 0 radical (unpaired) electrons. The lowest BCUT2D eigenvalue weighted by atomic mass is 10.1. The minimum atomic E-state index is -0.342. The van der Waals surface area contributed by atoms with Crippen LogP contribution in [-0.4, -0.2) is 18.3 Å². The van der Waals surface area contributed by atoms with Gasteiger partial charge in [0, 0.05) is 5.56 Å². The Morgan fingerprint density at radius 3 is 2.21 bits per heavy atom. The molecule has 3 aromatic rings. The van der Waals surface area contributed by atoms with Gasteiger partial charge in [0.2, 0.25) is 0 Å². The monoisotopic (exact) mass is 395 g/mol. The highest BCUT2D eigenvalue weighted by atomic mass is 35.5. The van der Waals surface area contributed by atoms with Crippen LogP contribution in [0.4, 0.5) is 5.69 Å². The van der Waals surface area contributed by atoms with E-state index in [0.717, 1.165) is 0 Å². The molecule has 0 saturated heterocycles. The first-order valence-electron chi connectivity index (χ1n) is 8.58. The molecule has 0 bridgehead atoms. The van der Waals surface area contributed by atoms with Crippen molar-refractivity contribution in [1.82, 2.24) is 0 Å². The molecule has 142 valence electrons. The van der Waals surface area contributed by atoms with Crippen LogP contribution in [0.2, 0.25) is 5.02 Å². The van der Waals surface area contributed by atoms with E-state index >= 15 is 0 Å². The number of para-hydroxylation sites is 3. The summed E-state index contributed by atoms with van der Waals surface area (Å²) in [5, 5.41) is 3.24. The topological polar surface area (TPSA) is 64.6 Å². The Labute approximate surface area is 167 Å². The van der Waals surface area contributed by atoms with Crippen LogP contribution in [0.15, 0.2) is 72.8 Å². The van der Waals surface area contributed by atoms with Crippen LogP contribution in [0.25, 0.3) is 0 Å². The van der Waals surface area contributed by atoms with Gasteiger partial charge in [0.05, 0.1) is 10.7 Å². The molecule has 0 spiro atoms. The molecule has 3 aromatic carbocycles. The molecular formula is C22H18ClNO4. The van der Waals surface area contributed by atoms with Crippen molar-refractivity contribution < 1.29 is 19.1 Å². The molecule has 28 heavy (non-hydrogen) atoms. The van der Waals surface area contributed by atoms with Crippen LogP contribution in [-0.2, 0) is 4.79 Å². The highest BCUT2D eigenvalue weighted by Gasteiger charge is 2.11. The third-order valence-corrected chi connectivity index (χ3v) is 4.16. The van der Waals surface area contributed by atoms with E-state index in [2.05, 4.69) is 5.32 Å². The van der Waals surface area contributed by atoms with Gasteiger partial charge in [0.15, 0.2) is 18.1 Å². The summed E-state index contributed by atoms with van der Waals surface area (Å²) in [6.07, 6.45) is 0. The van der Waals surface area contributed by atoms with E-state index in [1.807, 2.05) is 12.1 Å². The molecule has 1 amide bonds. The molecule has 0 atom stereocenters. The van der Waals surface area contributed by atoms with Crippen molar-refractivity contribution in [3.8, 4) is 17.2 Å². The summed E-state index contributed by atoms with van der Waals surface area (Å²) in [6, 6.07) is 20.8. The lowest BCUT2D eigenvalue weighted by molar-refractivity contribution is -0.118. The molecule has 0 aromatic heterocycles. The number of hydrogen-bond donors (Lipinski definition) is 1. The van der Waals surface area contributed by atoms with Crippen molar-refractivity contribution in [2.45, 2.75) is 6.92 Å². The largest absolute Gasteiger partial charge is 0.484 e. The van der Waals surface area contributed by atoms with Gasteiger partial charge in [0.1, 0.15) is 11.5 Å². The second-order valence-corrected chi connectivity index (χ2v) is 6.35. The van der Waals surface area contributed by atoms with Gasteiger partial charge >= 0.3 is 0 Å². The Hall–Kier alpha value is -3.31. The van der Waals surface area contributed by atoms with E-state index in [-0.39, 0.29) is 18.3 Å². The fraction of sp³-hybridized carbons (Fsp3) is 0.0909. The molecule has 1 N–H and O–H groups in total. The molecule has 0 saturated carbocycles. The highest BCUT2D eigenvalue weighted by Crippen LogP contribution is 2.33. The fourth-order valence-corrected chi connectivity index (χ4v) is 2.60. The quantitative estimate of drug-likeness (QED) is 0.547. The average molecular weight is 396 g/mol. The number of halogens is 1. The minimum absolute atomic E-state index is 0.0283. The van der Waals surface area contributed by atoms with Crippen molar-refractivity contribution in [1.29, 1.82) is 0 Å². The normalized spacial score (nSPS) is 10.2. The lowest BCUT2D eigenvalue weighted by Gasteiger charge is -2.13. The Kier molecular flexibility index (Phi) is 6.29. The predicted octanol–water partition coefficient (Wildman–Crippen LogP) is 5.35. The number of Topliss-reactive ketones (excluding diaryl/α,β-unsaturated/α-hetero) is 1. The van der Waals surface area contributed by atoms with Gasteiger partial charge in [-0.05, 0) is 55.5 Å². The predicted molar refractivity (Wildman–Crippen MR) is 109 cm³/mol. The maximum Gasteiger partial charge on any atom is 0.262 e. The number of amides is 1. The van der Waals surface area contributed by atoms with Gasteiger partial charge in [-0.2, -0.15) is 0 Å². The third kappa shape index (κ3) is 5.11. The number of carbonyl (C=O) groups excluding carboxylic acids is 2. The van der Waals surface area contributed by atoms with Crippen molar-refractivity contribution in [3.05, 3.63) is 83.4 Å². The maximum atomic E-state index is 12.3. The van der Waals surface area contributed by atoms with E-state index in [1.54, 1.807) is 60.7 Å². The lowest BCUT2D eigenvalue weighted by Crippen LogP contribution is -2.20. The first kappa shape index (κ1) is 19.5. The molecule has 0 heterocycles. The Morgan fingerprint density at radius 1 is 0.893 bits per heavy atom. The van der Waals surface area contributed by atoms with E-state index in [0.29, 0.717) is 33.5 Å². The highest BCUT2D eigenvalue weighted by molar-refractivity contribution is 6.32. The number of hydrogen-bond acceptors (Lipinski definition) is 4. The Morgan fingerprint density at radius 2 is 1.54 bits per heavy atom. The van der Waals surface area contributed by atoms with Gasteiger partial charge < -0.3 is 14.8 Å². The van der Waals surface area contributed by atoms with E-state index in [1.165, 1.54) is 6.92 Å². The van der Waals surface area contributed by atoms with Crippen molar-refractivity contribution in [3.63, 3.8) is 0 Å². The molecule has 0 fully saturated rings. The van der Waals surface area contributed by atoms with Crippen molar-refractivity contribution >= 4 is 29.0 Å². The van der Waals surface area contributed by atoms with Crippen molar-refractivity contribution in [2.24, 2.45) is 0 Å². The van der Waals surface area contributed by atoms with Gasteiger partial charge in [0.25, 0.3) is 5.91 Å².